The summed E-state index contributed by atoms with van der Waals surface area (Å²) in [4.78, 5) is 12.2. The summed E-state index contributed by atoms with van der Waals surface area (Å²) in [6.07, 6.45) is -4.58. The van der Waals surface area contributed by atoms with Crippen LogP contribution in [0.5, 0.6) is 11.5 Å². The van der Waals surface area contributed by atoms with Crippen LogP contribution in [0.2, 0.25) is 10.0 Å². The summed E-state index contributed by atoms with van der Waals surface area (Å²) in [5, 5.41) is 2.74. The van der Waals surface area contributed by atoms with Gasteiger partial charge in [-0.05, 0) is 30.3 Å². The summed E-state index contributed by atoms with van der Waals surface area (Å²) in [6.45, 7) is -0.198. The highest BCUT2D eigenvalue weighted by Crippen LogP contribution is 2.35. The Morgan fingerprint density at radius 1 is 1.07 bits per heavy atom. The number of rotatable bonds is 8. The second kappa shape index (κ2) is 9.86. The molecule has 0 aromatic heterocycles. The van der Waals surface area contributed by atoms with Crippen molar-refractivity contribution in [3.63, 3.8) is 0 Å². The number of alkyl halides is 3. The Kier molecular flexibility index (Phi) is 7.79. The Balaban J connectivity index is 2.13. The Morgan fingerprint density at radius 2 is 1.75 bits per heavy atom. The topological polar surface area (TPSA) is 56.8 Å². The Morgan fingerprint density at radius 3 is 2.36 bits per heavy atom. The molecule has 0 bridgehead atoms. The first-order chi connectivity index (χ1) is 13.2. The molecule has 0 saturated heterocycles. The molecule has 2 aromatic carbocycles. The molecule has 0 aliphatic heterocycles. The largest absolute Gasteiger partial charge is 0.489 e. The zero-order chi connectivity index (χ0) is 20.7. The molecule has 0 spiro atoms. The fraction of sp³-hybridized carbons (Fsp3) is 0.278. The molecule has 28 heavy (non-hydrogen) atoms. The number of anilines is 1. The van der Waals surface area contributed by atoms with E-state index in [1.807, 2.05) is 0 Å². The fourth-order valence-corrected chi connectivity index (χ4v) is 2.62. The van der Waals surface area contributed by atoms with Crippen LogP contribution >= 0.6 is 23.2 Å². The maximum Gasteiger partial charge on any atom is 0.416 e. The summed E-state index contributed by atoms with van der Waals surface area (Å²) < 4.78 is 54.4. The third-order valence-corrected chi connectivity index (χ3v) is 3.99. The number of ether oxygens (including phenoxy) is 3. The van der Waals surface area contributed by atoms with E-state index in [-0.39, 0.29) is 40.4 Å². The molecule has 1 N–H and O–H groups in total. The molecule has 0 fully saturated rings. The van der Waals surface area contributed by atoms with Crippen molar-refractivity contribution in [1.29, 1.82) is 0 Å². The van der Waals surface area contributed by atoms with Gasteiger partial charge in [-0.3, -0.25) is 4.79 Å². The summed E-state index contributed by atoms with van der Waals surface area (Å²) in [5.41, 5.74) is -1.08. The lowest BCUT2D eigenvalue weighted by molar-refractivity contribution is -0.137. The molecular weight excluding hydrogens is 422 g/mol. The zero-order valence-corrected chi connectivity index (χ0v) is 16.1. The molecule has 1 amide bonds. The molecule has 2 aromatic rings. The number of carbonyl (C=O) groups is 1. The molecule has 5 nitrogen and oxygen atoms in total. The predicted octanol–water partition coefficient (Wildman–Crippen LogP) is 5.05. The normalized spacial score (nSPS) is 11.2. The average molecular weight is 438 g/mol. The van der Waals surface area contributed by atoms with Gasteiger partial charge in [0.1, 0.15) is 12.4 Å². The van der Waals surface area contributed by atoms with Gasteiger partial charge in [-0.15, -0.1) is 0 Å². The second-order valence-corrected chi connectivity index (χ2v) is 6.25. The van der Waals surface area contributed by atoms with Crippen LogP contribution in [-0.2, 0) is 15.7 Å². The summed E-state index contributed by atoms with van der Waals surface area (Å²) in [5.74, 6) is -0.553. The molecule has 0 aliphatic carbocycles. The average Bonchev–Trinajstić information content (AvgIpc) is 2.61. The van der Waals surface area contributed by atoms with Crippen molar-refractivity contribution in [2.24, 2.45) is 0 Å². The van der Waals surface area contributed by atoms with Gasteiger partial charge in [0, 0.05) is 7.11 Å². The van der Waals surface area contributed by atoms with Crippen molar-refractivity contribution < 1.29 is 32.2 Å². The van der Waals surface area contributed by atoms with Crippen LogP contribution in [0.1, 0.15) is 5.56 Å². The first-order valence-corrected chi connectivity index (χ1v) is 8.67. The van der Waals surface area contributed by atoms with E-state index in [4.69, 9.17) is 37.4 Å². The molecular formula is C18H16Cl2F3NO4. The third kappa shape index (κ3) is 6.19. The SMILES string of the molecule is COCCOc1ccc(C(F)(F)F)cc1NC(=O)COc1c(Cl)cccc1Cl. The molecule has 0 aliphatic rings. The number of halogens is 5. The van der Waals surface area contributed by atoms with Crippen molar-refractivity contribution in [2.45, 2.75) is 6.18 Å². The second-order valence-electron chi connectivity index (χ2n) is 5.44. The molecule has 0 atom stereocenters. The number of amides is 1. The highest BCUT2D eigenvalue weighted by atomic mass is 35.5. The lowest BCUT2D eigenvalue weighted by Crippen LogP contribution is -2.21. The van der Waals surface area contributed by atoms with E-state index in [1.165, 1.54) is 19.2 Å². The van der Waals surface area contributed by atoms with E-state index >= 15 is 0 Å². The van der Waals surface area contributed by atoms with Gasteiger partial charge in [-0.1, -0.05) is 29.3 Å². The van der Waals surface area contributed by atoms with Crippen LogP contribution in [-0.4, -0.2) is 32.8 Å². The monoisotopic (exact) mass is 437 g/mol. The van der Waals surface area contributed by atoms with Crippen LogP contribution in [0.3, 0.4) is 0 Å². The van der Waals surface area contributed by atoms with E-state index in [1.54, 1.807) is 6.07 Å². The number of carbonyl (C=O) groups excluding carboxylic acids is 1. The molecule has 10 heteroatoms. The van der Waals surface area contributed by atoms with Crippen LogP contribution in [0.25, 0.3) is 0 Å². The van der Waals surface area contributed by atoms with Crippen molar-refractivity contribution in [1.82, 2.24) is 0 Å². The minimum absolute atomic E-state index is 0.0641. The summed E-state index contributed by atoms with van der Waals surface area (Å²) in [7, 11) is 1.45. The van der Waals surface area contributed by atoms with E-state index < -0.39 is 24.3 Å². The highest BCUT2D eigenvalue weighted by Gasteiger charge is 2.31. The Labute approximate surface area is 169 Å². The first-order valence-electron chi connectivity index (χ1n) is 7.92. The molecule has 0 saturated carbocycles. The number of nitrogens with one attached hydrogen (secondary N) is 1. The van der Waals surface area contributed by atoms with Gasteiger partial charge in [0.05, 0.1) is 27.9 Å². The van der Waals surface area contributed by atoms with Gasteiger partial charge in [0.2, 0.25) is 0 Å². The van der Waals surface area contributed by atoms with Gasteiger partial charge in [-0.25, -0.2) is 0 Å². The van der Waals surface area contributed by atoms with Crippen molar-refractivity contribution in [3.8, 4) is 11.5 Å². The Bertz CT molecular complexity index is 811. The Hall–Kier alpha value is -2.16. The van der Waals surface area contributed by atoms with Crippen LogP contribution < -0.4 is 14.8 Å². The van der Waals surface area contributed by atoms with Crippen molar-refractivity contribution in [2.75, 3.05) is 32.2 Å². The van der Waals surface area contributed by atoms with Gasteiger partial charge < -0.3 is 19.5 Å². The minimum atomic E-state index is -4.58. The molecule has 2 rings (SSSR count). The number of hydrogen-bond acceptors (Lipinski definition) is 4. The summed E-state index contributed by atoms with van der Waals surface area (Å²) >= 11 is 11.9. The van der Waals surface area contributed by atoms with Gasteiger partial charge in [0.25, 0.3) is 5.91 Å². The maximum atomic E-state index is 13.0. The van der Waals surface area contributed by atoms with E-state index in [0.29, 0.717) is 0 Å². The lowest BCUT2D eigenvalue weighted by Gasteiger charge is -2.16. The number of benzene rings is 2. The predicted molar refractivity (Wildman–Crippen MR) is 99.4 cm³/mol. The number of para-hydroxylation sites is 1. The number of methoxy groups -OCH3 is 1. The smallest absolute Gasteiger partial charge is 0.416 e. The van der Waals surface area contributed by atoms with Crippen LogP contribution in [0.15, 0.2) is 36.4 Å². The first kappa shape index (κ1) is 22.1. The van der Waals surface area contributed by atoms with Gasteiger partial charge in [-0.2, -0.15) is 13.2 Å². The molecule has 0 heterocycles. The van der Waals surface area contributed by atoms with Crippen LogP contribution in [0.4, 0.5) is 18.9 Å². The zero-order valence-electron chi connectivity index (χ0n) is 14.6. The van der Waals surface area contributed by atoms with Gasteiger partial charge in [0.15, 0.2) is 12.4 Å². The maximum absolute atomic E-state index is 13.0. The van der Waals surface area contributed by atoms with Crippen LogP contribution in [0, 0.1) is 0 Å². The number of hydrogen-bond donors (Lipinski definition) is 1. The minimum Gasteiger partial charge on any atom is -0.489 e. The van der Waals surface area contributed by atoms with Crippen molar-refractivity contribution in [3.05, 3.63) is 52.0 Å². The quantitative estimate of drug-likeness (QED) is 0.586. The summed E-state index contributed by atoms with van der Waals surface area (Å²) in [6, 6.07) is 7.41. The molecule has 0 unspecified atom stereocenters. The third-order valence-electron chi connectivity index (χ3n) is 3.39. The van der Waals surface area contributed by atoms with E-state index in [0.717, 1.165) is 18.2 Å². The van der Waals surface area contributed by atoms with Gasteiger partial charge >= 0.3 is 6.18 Å². The van der Waals surface area contributed by atoms with Crippen molar-refractivity contribution >= 4 is 34.8 Å². The van der Waals surface area contributed by atoms with E-state index in [9.17, 15) is 18.0 Å². The fourth-order valence-electron chi connectivity index (χ4n) is 2.11. The van der Waals surface area contributed by atoms with E-state index in [2.05, 4.69) is 5.32 Å². The molecule has 0 radical (unpaired) electrons. The lowest BCUT2D eigenvalue weighted by atomic mass is 10.1. The molecule has 152 valence electrons. The highest BCUT2D eigenvalue weighted by molar-refractivity contribution is 6.37. The standard InChI is InChI=1S/C18H16Cl2F3NO4/c1-26-7-8-27-15-6-5-11(18(21,22)23)9-14(15)24-16(25)10-28-17-12(19)3-2-4-13(17)20/h2-6,9H,7-8,10H2,1H3,(H,24,25).